The first-order valence-corrected chi connectivity index (χ1v) is 7.28. The van der Waals surface area contributed by atoms with Crippen LogP contribution in [-0.2, 0) is 24.4 Å². The van der Waals surface area contributed by atoms with Crippen molar-refractivity contribution in [3.05, 3.63) is 53.5 Å². The van der Waals surface area contributed by atoms with Gasteiger partial charge < -0.3 is 13.9 Å². The van der Waals surface area contributed by atoms with Crippen LogP contribution in [0.25, 0.3) is 0 Å². The summed E-state index contributed by atoms with van der Waals surface area (Å²) in [5.74, 6) is 2.83. The van der Waals surface area contributed by atoms with E-state index in [4.69, 9.17) is 13.9 Å². The van der Waals surface area contributed by atoms with Crippen LogP contribution in [0.4, 0.5) is 0 Å². The average molecular weight is 287 g/mol. The van der Waals surface area contributed by atoms with Crippen molar-refractivity contribution in [1.29, 1.82) is 0 Å². The quantitative estimate of drug-likeness (QED) is 0.865. The molecule has 0 radical (unpaired) electrons. The summed E-state index contributed by atoms with van der Waals surface area (Å²) in [4.78, 5) is 2.35. The van der Waals surface area contributed by atoms with Gasteiger partial charge in [-0.2, -0.15) is 0 Å². The molecule has 1 aliphatic rings. The van der Waals surface area contributed by atoms with Crippen molar-refractivity contribution in [3.8, 4) is 5.75 Å². The number of ether oxygens (including phenoxy) is 2. The maximum atomic E-state index is 5.98. The fraction of sp³-hybridized carbons (Fsp3) is 0.412. The van der Waals surface area contributed by atoms with E-state index in [-0.39, 0.29) is 6.10 Å². The van der Waals surface area contributed by atoms with E-state index in [1.165, 1.54) is 5.56 Å². The lowest BCUT2D eigenvalue weighted by atomic mass is 10.2. The van der Waals surface area contributed by atoms with E-state index in [0.29, 0.717) is 6.61 Å². The number of rotatable bonds is 4. The van der Waals surface area contributed by atoms with Crippen molar-refractivity contribution in [2.75, 3.05) is 13.7 Å². The summed E-state index contributed by atoms with van der Waals surface area (Å²) in [6.07, 6.45) is 0.169. The van der Waals surface area contributed by atoms with Gasteiger partial charge >= 0.3 is 0 Å². The van der Waals surface area contributed by atoms with Gasteiger partial charge in [0.2, 0.25) is 0 Å². The largest absolute Gasteiger partial charge is 0.489 e. The van der Waals surface area contributed by atoms with E-state index >= 15 is 0 Å². The maximum Gasteiger partial charge on any atom is 0.129 e. The van der Waals surface area contributed by atoms with Crippen LogP contribution < -0.4 is 4.74 Å². The normalized spacial score (nSPS) is 18.9. The Hall–Kier alpha value is -1.78. The Kier molecular flexibility index (Phi) is 4.27. The zero-order valence-corrected chi connectivity index (χ0v) is 12.5. The smallest absolute Gasteiger partial charge is 0.129 e. The second-order valence-corrected chi connectivity index (χ2v) is 5.51. The number of hydrogen-bond donors (Lipinski definition) is 0. The van der Waals surface area contributed by atoms with Crippen LogP contribution in [0.5, 0.6) is 5.75 Å². The molecule has 2 heterocycles. The van der Waals surface area contributed by atoms with Crippen LogP contribution in [0.2, 0.25) is 0 Å². The molecule has 0 unspecified atom stereocenters. The number of hydrogen-bond acceptors (Lipinski definition) is 4. The molecule has 0 saturated carbocycles. The Morgan fingerprint density at radius 3 is 2.86 bits per heavy atom. The van der Waals surface area contributed by atoms with Gasteiger partial charge in [0.05, 0.1) is 6.54 Å². The lowest BCUT2D eigenvalue weighted by Crippen LogP contribution is -2.30. The Labute approximate surface area is 125 Å². The van der Waals surface area contributed by atoms with Gasteiger partial charge in [-0.25, -0.2) is 0 Å². The highest BCUT2D eigenvalue weighted by Gasteiger charge is 2.20. The zero-order chi connectivity index (χ0) is 14.7. The monoisotopic (exact) mass is 287 g/mol. The second-order valence-electron chi connectivity index (χ2n) is 5.51. The topological polar surface area (TPSA) is 34.8 Å². The minimum Gasteiger partial charge on any atom is -0.489 e. The van der Waals surface area contributed by atoms with Gasteiger partial charge in [0, 0.05) is 25.8 Å². The van der Waals surface area contributed by atoms with Crippen LogP contribution >= 0.6 is 0 Å². The number of para-hydroxylation sites is 1. The molecule has 2 aromatic rings. The molecular formula is C17H21NO3. The van der Waals surface area contributed by atoms with Crippen LogP contribution in [0, 0.1) is 0 Å². The third-order valence-corrected chi connectivity index (χ3v) is 3.59. The first kappa shape index (κ1) is 14.2. The second kappa shape index (κ2) is 6.33. The molecule has 0 N–H and O–H groups in total. The number of furan rings is 1. The molecule has 0 saturated heterocycles. The fourth-order valence-corrected chi connectivity index (χ4v) is 2.74. The third kappa shape index (κ3) is 3.46. The van der Waals surface area contributed by atoms with Crippen molar-refractivity contribution in [2.24, 2.45) is 0 Å². The Morgan fingerprint density at radius 1 is 1.19 bits per heavy atom. The van der Waals surface area contributed by atoms with Gasteiger partial charge in [0.25, 0.3) is 0 Å². The number of benzene rings is 1. The summed E-state index contributed by atoms with van der Waals surface area (Å²) < 4.78 is 16.8. The average Bonchev–Trinajstić information content (AvgIpc) is 2.81. The lowest BCUT2D eigenvalue weighted by molar-refractivity contribution is 0.142. The first-order valence-electron chi connectivity index (χ1n) is 7.28. The van der Waals surface area contributed by atoms with Crippen molar-refractivity contribution in [2.45, 2.75) is 32.7 Å². The molecule has 1 aliphatic heterocycles. The predicted molar refractivity (Wildman–Crippen MR) is 80.1 cm³/mol. The Bertz CT molecular complexity index is 593. The summed E-state index contributed by atoms with van der Waals surface area (Å²) in [7, 11) is 1.67. The van der Waals surface area contributed by atoms with E-state index in [0.717, 1.165) is 36.9 Å². The molecule has 0 spiro atoms. The molecular weight excluding hydrogens is 266 g/mol. The van der Waals surface area contributed by atoms with Gasteiger partial charge in [0.1, 0.15) is 30.0 Å². The van der Waals surface area contributed by atoms with Crippen LogP contribution in [0.15, 0.2) is 40.8 Å². The number of methoxy groups -OCH3 is 1. The van der Waals surface area contributed by atoms with E-state index in [1.54, 1.807) is 7.11 Å². The summed E-state index contributed by atoms with van der Waals surface area (Å²) in [5, 5.41) is 0. The number of fused-ring (bicyclic) bond motifs is 1. The molecule has 0 amide bonds. The third-order valence-electron chi connectivity index (χ3n) is 3.59. The van der Waals surface area contributed by atoms with E-state index < -0.39 is 0 Å². The van der Waals surface area contributed by atoms with Crippen molar-refractivity contribution in [1.82, 2.24) is 4.90 Å². The lowest BCUT2D eigenvalue weighted by Gasteiger charge is -2.20. The summed E-state index contributed by atoms with van der Waals surface area (Å²) in [6.45, 7) is 5.16. The van der Waals surface area contributed by atoms with Crippen molar-refractivity contribution in [3.63, 3.8) is 0 Å². The Morgan fingerprint density at radius 2 is 2.00 bits per heavy atom. The molecule has 0 aliphatic carbocycles. The SMILES string of the molecule is COCc1ccc(CN2Cc3ccccc3O[C@@H](C)C2)o1. The molecule has 3 rings (SSSR count). The zero-order valence-electron chi connectivity index (χ0n) is 12.5. The Balaban J connectivity index is 1.73. The van der Waals surface area contributed by atoms with E-state index in [1.807, 2.05) is 24.3 Å². The molecule has 112 valence electrons. The highest BCUT2D eigenvalue weighted by Crippen LogP contribution is 2.25. The standard InChI is InChI=1S/C17H21NO3/c1-13-9-18(10-14-5-3-4-6-17(14)20-13)11-15-7-8-16(21-15)12-19-2/h3-8,13H,9-12H2,1-2H3/t13-/m0/s1. The molecule has 4 heteroatoms. The van der Waals surface area contributed by atoms with Crippen molar-refractivity contribution >= 4 is 0 Å². The van der Waals surface area contributed by atoms with E-state index in [2.05, 4.69) is 24.0 Å². The molecule has 4 nitrogen and oxygen atoms in total. The van der Waals surface area contributed by atoms with Gasteiger partial charge in [-0.3, -0.25) is 4.90 Å². The minimum absolute atomic E-state index is 0.169. The van der Waals surface area contributed by atoms with Crippen molar-refractivity contribution < 1.29 is 13.9 Å². The van der Waals surface area contributed by atoms with Crippen LogP contribution in [-0.4, -0.2) is 24.7 Å². The molecule has 0 bridgehead atoms. The summed E-state index contributed by atoms with van der Waals surface area (Å²) in [5.41, 5.74) is 1.23. The van der Waals surface area contributed by atoms with Gasteiger partial charge in [-0.15, -0.1) is 0 Å². The first-order chi connectivity index (χ1) is 10.2. The molecule has 1 aromatic heterocycles. The van der Waals surface area contributed by atoms with Gasteiger partial charge in [-0.1, -0.05) is 18.2 Å². The molecule has 21 heavy (non-hydrogen) atoms. The summed E-state index contributed by atoms with van der Waals surface area (Å²) >= 11 is 0. The van der Waals surface area contributed by atoms with Crippen LogP contribution in [0.1, 0.15) is 24.0 Å². The van der Waals surface area contributed by atoms with Crippen LogP contribution in [0.3, 0.4) is 0 Å². The molecule has 0 fully saturated rings. The highest BCUT2D eigenvalue weighted by atomic mass is 16.5. The van der Waals surface area contributed by atoms with Gasteiger partial charge in [0.15, 0.2) is 0 Å². The van der Waals surface area contributed by atoms with E-state index in [9.17, 15) is 0 Å². The maximum absolute atomic E-state index is 5.98. The predicted octanol–water partition coefficient (Wildman–Crippen LogP) is 3.21. The molecule has 1 aromatic carbocycles. The molecule has 1 atom stereocenters. The minimum atomic E-state index is 0.169. The highest BCUT2D eigenvalue weighted by molar-refractivity contribution is 5.34. The fourth-order valence-electron chi connectivity index (χ4n) is 2.74. The van der Waals surface area contributed by atoms with Gasteiger partial charge in [-0.05, 0) is 25.1 Å². The number of nitrogens with zero attached hydrogens (tertiary/aromatic N) is 1. The summed E-state index contributed by atoms with van der Waals surface area (Å²) in [6, 6.07) is 12.2.